The molecule has 0 bridgehead atoms. The van der Waals surface area contributed by atoms with Crippen molar-refractivity contribution in [3.63, 3.8) is 0 Å². The molecular formula is C26H31NO2S2. The summed E-state index contributed by atoms with van der Waals surface area (Å²) in [5.41, 5.74) is 2.05. The molecular weight excluding hydrogens is 422 g/mol. The Morgan fingerprint density at radius 1 is 1.00 bits per heavy atom. The van der Waals surface area contributed by atoms with Gasteiger partial charge in [-0.15, -0.1) is 0 Å². The van der Waals surface area contributed by atoms with Gasteiger partial charge in [-0.1, -0.05) is 105 Å². The number of unbranched alkanes of at least 4 members (excludes halogenated alkanes) is 5. The average molecular weight is 454 g/mol. The van der Waals surface area contributed by atoms with Gasteiger partial charge in [0.15, 0.2) is 0 Å². The summed E-state index contributed by atoms with van der Waals surface area (Å²) >= 11 is 6.87. The van der Waals surface area contributed by atoms with Crippen molar-refractivity contribution in [2.75, 3.05) is 6.61 Å². The lowest BCUT2D eigenvalue weighted by Gasteiger charge is -2.23. The van der Waals surface area contributed by atoms with Gasteiger partial charge >= 0.3 is 0 Å². The number of thiocarbonyl (C=S) groups is 1. The van der Waals surface area contributed by atoms with Gasteiger partial charge in [0, 0.05) is 0 Å². The van der Waals surface area contributed by atoms with Gasteiger partial charge in [-0.3, -0.25) is 9.69 Å². The van der Waals surface area contributed by atoms with Gasteiger partial charge in [0.1, 0.15) is 10.1 Å². The van der Waals surface area contributed by atoms with Crippen LogP contribution in [0, 0.1) is 0 Å². The Hall–Kier alpha value is -2.11. The minimum atomic E-state index is -0.0858. The molecule has 2 aromatic carbocycles. The molecule has 0 aliphatic carbocycles. The molecule has 164 valence electrons. The molecule has 0 spiro atoms. The monoisotopic (exact) mass is 453 g/mol. The Balaban J connectivity index is 1.54. The third kappa shape index (κ3) is 6.68. The van der Waals surface area contributed by atoms with Crippen LogP contribution >= 0.6 is 24.0 Å². The van der Waals surface area contributed by atoms with Crippen molar-refractivity contribution in [1.82, 2.24) is 4.90 Å². The number of ether oxygens (including phenoxy) is 1. The molecule has 0 saturated carbocycles. The summed E-state index contributed by atoms with van der Waals surface area (Å²) < 4.78 is 6.45. The average Bonchev–Trinajstić information content (AvgIpc) is 3.07. The van der Waals surface area contributed by atoms with Crippen LogP contribution in [-0.2, 0) is 4.79 Å². The van der Waals surface area contributed by atoms with Gasteiger partial charge in [-0.25, -0.2) is 0 Å². The molecule has 1 fully saturated rings. The number of rotatable bonds is 11. The highest BCUT2D eigenvalue weighted by Gasteiger charge is 2.35. The molecule has 1 atom stereocenters. The highest BCUT2D eigenvalue weighted by Crippen LogP contribution is 2.38. The van der Waals surface area contributed by atoms with Crippen molar-refractivity contribution in [1.29, 1.82) is 0 Å². The van der Waals surface area contributed by atoms with Crippen LogP contribution in [0.5, 0.6) is 5.75 Å². The SMILES string of the molecule is CCCCCCCCOc1ccc(/C=C2/SC(=S)N([C@H](C)c3ccccc3)C2=O)cc1. The molecule has 2 aromatic rings. The number of amides is 1. The van der Waals surface area contributed by atoms with Crippen molar-refractivity contribution in [2.45, 2.75) is 58.4 Å². The first kappa shape index (κ1) is 23.6. The van der Waals surface area contributed by atoms with Crippen LogP contribution in [0.15, 0.2) is 59.5 Å². The molecule has 3 rings (SSSR count). The van der Waals surface area contributed by atoms with Crippen LogP contribution < -0.4 is 4.74 Å². The van der Waals surface area contributed by atoms with Crippen LogP contribution in [0.3, 0.4) is 0 Å². The van der Waals surface area contributed by atoms with Crippen LogP contribution in [0.2, 0.25) is 0 Å². The first-order chi connectivity index (χ1) is 15.1. The summed E-state index contributed by atoms with van der Waals surface area (Å²) in [5.74, 6) is 0.839. The standard InChI is InChI=1S/C26H31NO2S2/c1-3-4-5-6-7-11-18-29-23-16-14-21(15-17-23)19-24-25(28)27(26(30)31-24)20(2)22-12-9-8-10-13-22/h8-10,12-17,19-20H,3-7,11,18H2,1-2H3/b24-19+/t20-/m1/s1. The highest BCUT2D eigenvalue weighted by atomic mass is 32.2. The molecule has 0 unspecified atom stereocenters. The molecule has 1 aliphatic heterocycles. The molecule has 0 aromatic heterocycles. The number of hydrogen-bond acceptors (Lipinski definition) is 4. The molecule has 3 nitrogen and oxygen atoms in total. The van der Waals surface area contributed by atoms with Crippen LogP contribution in [0.4, 0.5) is 0 Å². The van der Waals surface area contributed by atoms with E-state index in [2.05, 4.69) is 6.92 Å². The predicted octanol–water partition coefficient (Wildman–Crippen LogP) is 7.39. The normalized spacial score (nSPS) is 16.2. The number of carbonyl (C=O) groups is 1. The quantitative estimate of drug-likeness (QED) is 0.201. The second-order valence-corrected chi connectivity index (χ2v) is 9.50. The molecule has 1 aliphatic rings. The first-order valence-corrected chi connectivity index (χ1v) is 12.4. The molecule has 31 heavy (non-hydrogen) atoms. The van der Waals surface area contributed by atoms with Gasteiger partial charge < -0.3 is 4.74 Å². The zero-order valence-corrected chi connectivity index (χ0v) is 20.0. The molecule has 1 heterocycles. The second kappa shape index (κ2) is 12.1. The highest BCUT2D eigenvalue weighted by molar-refractivity contribution is 8.26. The lowest BCUT2D eigenvalue weighted by atomic mass is 10.1. The van der Waals surface area contributed by atoms with Crippen molar-refractivity contribution in [3.05, 3.63) is 70.6 Å². The Morgan fingerprint density at radius 3 is 2.39 bits per heavy atom. The van der Waals surface area contributed by atoms with E-state index in [0.29, 0.717) is 9.23 Å². The van der Waals surface area contributed by atoms with Crippen LogP contribution in [0.25, 0.3) is 6.08 Å². The topological polar surface area (TPSA) is 29.5 Å². The van der Waals surface area contributed by atoms with Crippen molar-refractivity contribution in [3.8, 4) is 5.75 Å². The van der Waals surface area contributed by atoms with Crippen molar-refractivity contribution >= 4 is 40.3 Å². The number of nitrogens with zero attached hydrogens (tertiary/aromatic N) is 1. The van der Waals surface area contributed by atoms with E-state index in [-0.39, 0.29) is 11.9 Å². The lowest BCUT2D eigenvalue weighted by molar-refractivity contribution is -0.123. The summed E-state index contributed by atoms with van der Waals surface area (Å²) in [5, 5.41) is 0. The van der Waals surface area contributed by atoms with E-state index in [1.54, 1.807) is 4.90 Å². The fourth-order valence-corrected chi connectivity index (χ4v) is 5.00. The fraction of sp³-hybridized carbons (Fsp3) is 0.385. The Bertz CT molecular complexity index is 893. The largest absolute Gasteiger partial charge is 0.494 e. The van der Waals surface area contributed by atoms with Crippen molar-refractivity contribution < 1.29 is 9.53 Å². The summed E-state index contributed by atoms with van der Waals surface area (Å²) in [6.45, 7) is 5.00. The minimum absolute atomic E-state index is 0.0326. The lowest BCUT2D eigenvalue weighted by Crippen LogP contribution is -2.30. The smallest absolute Gasteiger partial charge is 0.266 e. The predicted molar refractivity (Wildman–Crippen MR) is 135 cm³/mol. The zero-order chi connectivity index (χ0) is 22.1. The minimum Gasteiger partial charge on any atom is -0.494 e. The van der Waals surface area contributed by atoms with Gasteiger partial charge in [-0.05, 0) is 42.7 Å². The Labute approximate surface area is 195 Å². The Kier molecular flexibility index (Phi) is 9.16. The van der Waals surface area contributed by atoms with Crippen molar-refractivity contribution in [2.24, 2.45) is 0 Å². The van der Waals surface area contributed by atoms with Gasteiger partial charge in [0.25, 0.3) is 5.91 Å². The van der Waals surface area contributed by atoms with E-state index >= 15 is 0 Å². The van der Waals surface area contributed by atoms with Gasteiger partial charge in [0.2, 0.25) is 0 Å². The third-order valence-corrected chi connectivity index (χ3v) is 6.77. The van der Waals surface area contributed by atoms with E-state index in [1.165, 1.54) is 43.9 Å². The third-order valence-electron chi connectivity index (χ3n) is 5.44. The zero-order valence-electron chi connectivity index (χ0n) is 18.4. The maximum Gasteiger partial charge on any atom is 0.266 e. The number of hydrogen-bond donors (Lipinski definition) is 0. The van der Waals surface area contributed by atoms with E-state index in [0.717, 1.165) is 29.9 Å². The van der Waals surface area contributed by atoms with E-state index < -0.39 is 0 Å². The molecule has 0 N–H and O–H groups in total. The maximum absolute atomic E-state index is 13.0. The fourth-order valence-electron chi connectivity index (χ4n) is 3.58. The van der Waals surface area contributed by atoms with E-state index in [4.69, 9.17) is 17.0 Å². The number of thioether (sulfide) groups is 1. The summed E-state index contributed by atoms with van der Waals surface area (Å²) in [4.78, 5) is 15.4. The van der Waals surface area contributed by atoms with Crippen LogP contribution in [-0.4, -0.2) is 21.7 Å². The maximum atomic E-state index is 13.0. The Morgan fingerprint density at radius 2 is 1.68 bits per heavy atom. The first-order valence-electron chi connectivity index (χ1n) is 11.1. The summed E-state index contributed by atoms with van der Waals surface area (Å²) in [6, 6.07) is 17.8. The molecule has 1 saturated heterocycles. The van der Waals surface area contributed by atoms with Crippen LogP contribution in [0.1, 0.15) is 69.5 Å². The summed E-state index contributed by atoms with van der Waals surface area (Å²) in [6.07, 6.45) is 9.44. The van der Waals surface area contributed by atoms with Gasteiger partial charge in [0.05, 0.1) is 17.6 Å². The molecule has 5 heteroatoms. The van der Waals surface area contributed by atoms with Gasteiger partial charge in [-0.2, -0.15) is 0 Å². The number of benzene rings is 2. The van der Waals surface area contributed by atoms with E-state index in [9.17, 15) is 4.79 Å². The van der Waals surface area contributed by atoms with E-state index in [1.807, 2.05) is 67.6 Å². The number of carbonyl (C=O) groups excluding carboxylic acids is 1. The molecule has 0 radical (unpaired) electrons. The summed E-state index contributed by atoms with van der Waals surface area (Å²) in [7, 11) is 0. The second-order valence-electron chi connectivity index (χ2n) is 7.82. The molecule has 1 amide bonds.